The number of esters is 1. The van der Waals surface area contributed by atoms with E-state index < -0.39 is 5.97 Å². The van der Waals surface area contributed by atoms with Gasteiger partial charge in [-0.15, -0.1) is 0 Å². The van der Waals surface area contributed by atoms with Crippen molar-refractivity contribution in [3.63, 3.8) is 0 Å². The first kappa shape index (κ1) is 19.8. The summed E-state index contributed by atoms with van der Waals surface area (Å²) >= 11 is 3.39. The summed E-state index contributed by atoms with van der Waals surface area (Å²) in [4.78, 5) is 36.9. The number of hydrogen-bond donors (Lipinski definition) is 0. The maximum absolute atomic E-state index is 12.6. The van der Waals surface area contributed by atoms with Crippen LogP contribution in [0.4, 0.5) is 0 Å². The molecular weight excluding hydrogens is 440 g/mol. The molecule has 1 aliphatic heterocycles. The summed E-state index contributed by atoms with van der Waals surface area (Å²) < 4.78 is 11.1. The first-order valence-corrected chi connectivity index (χ1v) is 10.4. The van der Waals surface area contributed by atoms with Crippen molar-refractivity contribution in [1.29, 1.82) is 0 Å². The largest absolute Gasteiger partial charge is 0.481 e. The minimum atomic E-state index is -0.447. The van der Waals surface area contributed by atoms with E-state index in [9.17, 15) is 14.4 Å². The van der Waals surface area contributed by atoms with Gasteiger partial charge in [0, 0.05) is 0 Å². The summed E-state index contributed by atoms with van der Waals surface area (Å²) in [5.41, 5.74) is 0.688. The van der Waals surface area contributed by atoms with Crippen molar-refractivity contribution in [3.05, 3.63) is 40.4 Å². The summed E-state index contributed by atoms with van der Waals surface area (Å²) in [5.74, 6) is -0.590. The van der Waals surface area contributed by atoms with Gasteiger partial charge in [0.1, 0.15) is 5.75 Å². The molecule has 4 atom stereocenters. The zero-order valence-electron chi connectivity index (χ0n) is 16.1. The Morgan fingerprint density at radius 1 is 1.24 bits per heavy atom. The monoisotopic (exact) mass is 460 g/mol. The molecule has 2 bridgehead atoms. The molecule has 2 fully saturated rings. The van der Waals surface area contributed by atoms with Crippen LogP contribution in [0.25, 0.3) is 0 Å². The number of carbonyl (C=O) groups is 3. The average Bonchev–Trinajstić information content (AvgIpc) is 3.33. The Kier molecular flexibility index (Phi) is 5.29. The number of hydrogen-bond acceptors (Lipinski definition) is 6. The number of hydrazone groups is 1. The maximum Gasteiger partial charge on any atom is 0.344 e. The van der Waals surface area contributed by atoms with Gasteiger partial charge in [0.15, 0.2) is 6.61 Å². The molecule has 0 N–H and O–H groups in total. The molecule has 8 heteroatoms. The maximum atomic E-state index is 12.6. The molecule has 4 rings (SSSR count). The van der Waals surface area contributed by atoms with Crippen molar-refractivity contribution in [2.45, 2.75) is 26.4 Å². The highest BCUT2D eigenvalue weighted by molar-refractivity contribution is 9.10. The summed E-state index contributed by atoms with van der Waals surface area (Å²) in [6.07, 6.45) is 6.28. The Hall–Kier alpha value is -2.48. The third-order valence-electron chi connectivity index (χ3n) is 5.44. The summed E-state index contributed by atoms with van der Waals surface area (Å²) in [6, 6.07) is 5.15. The smallest absolute Gasteiger partial charge is 0.344 e. The van der Waals surface area contributed by atoms with E-state index in [0.29, 0.717) is 15.8 Å². The second-order valence-electron chi connectivity index (χ2n) is 7.75. The fourth-order valence-electron chi connectivity index (χ4n) is 4.27. The molecule has 1 saturated heterocycles. The molecule has 3 aliphatic rings. The van der Waals surface area contributed by atoms with Gasteiger partial charge in [-0.05, 0) is 71.8 Å². The van der Waals surface area contributed by atoms with Crippen molar-refractivity contribution in [2.24, 2.45) is 28.8 Å². The predicted octanol–water partition coefficient (Wildman–Crippen LogP) is 2.92. The van der Waals surface area contributed by atoms with Crippen LogP contribution >= 0.6 is 15.9 Å². The molecule has 1 aromatic rings. The normalized spacial score (nSPS) is 27.4. The molecule has 7 nitrogen and oxygen atoms in total. The lowest BCUT2D eigenvalue weighted by molar-refractivity contribution is -0.149. The number of halogens is 1. The van der Waals surface area contributed by atoms with Gasteiger partial charge in [0.2, 0.25) is 0 Å². The molecule has 1 saturated carbocycles. The first-order chi connectivity index (χ1) is 13.8. The second-order valence-corrected chi connectivity index (χ2v) is 8.60. The van der Waals surface area contributed by atoms with Crippen molar-refractivity contribution < 1.29 is 23.9 Å². The second kappa shape index (κ2) is 7.74. The van der Waals surface area contributed by atoms with Crippen LogP contribution in [-0.2, 0) is 19.1 Å². The molecule has 0 radical (unpaired) electrons. The van der Waals surface area contributed by atoms with Crippen LogP contribution in [0, 0.1) is 23.7 Å². The van der Waals surface area contributed by atoms with E-state index in [4.69, 9.17) is 9.47 Å². The lowest BCUT2D eigenvalue weighted by Crippen LogP contribution is -2.28. The standard InChI is InChI=1S/C21H21BrN2O5/c1-11(2)29-17(25)10-28-16-6-3-12(7-15(16)22)9-23-24-20(26)18-13-4-5-14(8-13)19(18)21(24)27/h3-7,9,11,13-14,18-19H,8,10H2,1-2H3/t13-,14-,18-,19+/m0/s1. The third-order valence-corrected chi connectivity index (χ3v) is 6.06. The van der Waals surface area contributed by atoms with Crippen molar-refractivity contribution in [3.8, 4) is 5.75 Å². The highest BCUT2D eigenvalue weighted by Gasteiger charge is 2.59. The minimum Gasteiger partial charge on any atom is -0.481 e. The van der Waals surface area contributed by atoms with E-state index >= 15 is 0 Å². The van der Waals surface area contributed by atoms with Crippen LogP contribution in [0.5, 0.6) is 5.75 Å². The number of benzene rings is 1. The molecular formula is C21H21BrN2O5. The van der Waals surface area contributed by atoms with Gasteiger partial charge in [-0.1, -0.05) is 12.2 Å². The van der Waals surface area contributed by atoms with E-state index in [1.165, 1.54) is 6.21 Å². The van der Waals surface area contributed by atoms with Crippen LogP contribution in [0.3, 0.4) is 0 Å². The molecule has 0 aromatic heterocycles. The van der Waals surface area contributed by atoms with Crippen molar-refractivity contribution in [2.75, 3.05) is 6.61 Å². The van der Waals surface area contributed by atoms with E-state index in [-0.39, 0.29) is 48.2 Å². The fraction of sp³-hybridized carbons (Fsp3) is 0.429. The number of allylic oxidation sites excluding steroid dienone is 2. The van der Waals surface area contributed by atoms with Gasteiger partial charge < -0.3 is 9.47 Å². The summed E-state index contributed by atoms with van der Waals surface area (Å²) in [7, 11) is 0. The Morgan fingerprint density at radius 3 is 2.48 bits per heavy atom. The number of ether oxygens (including phenoxy) is 2. The number of carbonyl (C=O) groups excluding carboxylic acids is 3. The number of imide groups is 1. The predicted molar refractivity (Wildman–Crippen MR) is 108 cm³/mol. The number of amides is 2. The minimum absolute atomic E-state index is 0.162. The van der Waals surface area contributed by atoms with Gasteiger partial charge in [-0.3, -0.25) is 9.59 Å². The molecule has 2 aliphatic carbocycles. The van der Waals surface area contributed by atoms with E-state index in [1.807, 2.05) is 0 Å². The molecule has 1 aromatic carbocycles. The van der Waals surface area contributed by atoms with Gasteiger partial charge in [0.25, 0.3) is 11.8 Å². The van der Waals surface area contributed by atoms with E-state index in [1.54, 1.807) is 32.0 Å². The van der Waals surface area contributed by atoms with Crippen molar-refractivity contribution >= 4 is 39.9 Å². The lowest BCUT2D eigenvalue weighted by atomic mass is 9.85. The highest BCUT2D eigenvalue weighted by Crippen LogP contribution is 2.52. The van der Waals surface area contributed by atoms with Crippen molar-refractivity contribution in [1.82, 2.24) is 5.01 Å². The quantitative estimate of drug-likeness (QED) is 0.282. The third kappa shape index (κ3) is 3.73. The molecule has 2 amide bonds. The first-order valence-electron chi connectivity index (χ1n) is 9.57. The Morgan fingerprint density at radius 2 is 1.90 bits per heavy atom. The lowest BCUT2D eigenvalue weighted by Gasteiger charge is -2.13. The van der Waals surface area contributed by atoms with E-state index in [2.05, 4.69) is 33.2 Å². The SMILES string of the molecule is CC(C)OC(=O)COc1ccc(C=NN2C(=O)[C@@H]3[C@H](C2=O)[C@H]2C=C[C@H]3C2)cc1Br. The molecule has 0 spiro atoms. The molecule has 152 valence electrons. The van der Waals surface area contributed by atoms with Crippen LogP contribution in [-0.4, -0.2) is 41.7 Å². The Labute approximate surface area is 176 Å². The zero-order valence-corrected chi connectivity index (χ0v) is 17.7. The van der Waals surface area contributed by atoms with Gasteiger partial charge in [-0.2, -0.15) is 10.1 Å². The molecule has 0 unspecified atom stereocenters. The average molecular weight is 461 g/mol. The highest BCUT2D eigenvalue weighted by atomic mass is 79.9. The van der Waals surface area contributed by atoms with E-state index in [0.717, 1.165) is 11.4 Å². The van der Waals surface area contributed by atoms with Crippen LogP contribution in [0.15, 0.2) is 39.9 Å². The number of nitrogens with zero attached hydrogens (tertiary/aromatic N) is 2. The van der Waals surface area contributed by atoms with Gasteiger partial charge in [0.05, 0.1) is 28.6 Å². The summed E-state index contributed by atoms with van der Waals surface area (Å²) in [6.45, 7) is 3.35. The van der Waals surface area contributed by atoms with Crippen LogP contribution in [0.1, 0.15) is 25.8 Å². The fourth-order valence-corrected chi connectivity index (χ4v) is 4.78. The van der Waals surface area contributed by atoms with Gasteiger partial charge in [-0.25, -0.2) is 4.79 Å². The topological polar surface area (TPSA) is 85.3 Å². The Bertz CT molecular complexity index is 896. The zero-order chi connectivity index (χ0) is 20.7. The molecule has 1 heterocycles. The Balaban J connectivity index is 1.40. The van der Waals surface area contributed by atoms with Crippen LogP contribution in [0.2, 0.25) is 0 Å². The van der Waals surface area contributed by atoms with Gasteiger partial charge >= 0.3 is 5.97 Å². The number of rotatable bonds is 6. The molecule has 29 heavy (non-hydrogen) atoms. The number of fused-ring (bicyclic) bond motifs is 5. The van der Waals surface area contributed by atoms with Crippen LogP contribution < -0.4 is 4.74 Å². The summed E-state index contributed by atoms with van der Waals surface area (Å²) in [5, 5.41) is 5.17.